The van der Waals surface area contributed by atoms with Crippen molar-refractivity contribution < 1.29 is 19.7 Å². The van der Waals surface area contributed by atoms with Gasteiger partial charge in [-0.2, -0.15) is 0 Å². The Morgan fingerprint density at radius 3 is 3.00 bits per heavy atom. The van der Waals surface area contributed by atoms with Gasteiger partial charge < -0.3 is 24.7 Å². The Kier molecular flexibility index (Phi) is 3.52. The smallest absolute Gasteiger partial charge is 0.165 e. The Morgan fingerprint density at radius 1 is 1.55 bits per heavy atom. The molecule has 2 aromatic heterocycles. The van der Waals surface area contributed by atoms with E-state index < -0.39 is 24.5 Å². The van der Waals surface area contributed by atoms with E-state index in [-0.39, 0.29) is 6.61 Å². The highest BCUT2D eigenvalue weighted by Crippen LogP contribution is 2.32. The van der Waals surface area contributed by atoms with Crippen LogP contribution in [0.5, 0.6) is 0 Å². The van der Waals surface area contributed by atoms with E-state index in [9.17, 15) is 10.2 Å². The predicted octanol–water partition coefficient (Wildman–Crippen LogP) is -0.246. The number of aromatic amines is 1. The number of hydrogen-bond acceptors (Lipinski definition) is 7. The Balaban J connectivity index is 2.04. The lowest BCUT2D eigenvalue weighted by atomic mass is 10.1. The average Bonchev–Trinajstić information content (AvgIpc) is 3.00. The number of aliphatic hydroxyl groups excluding tert-OH is 2. The normalized spacial score (nSPS) is 30.1. The van der Waals surface area contributed by atoms with Gasteiger partial charge in [0.1, 0.15) is 29.5 Å². The van der Waals surface area contributed by atoms with Crippen LogP contribution in [0.2, 0.25) is 0 Å². The Bertz CT molecular complexity index is 672. The molecule has 108 valence electrons. The molecule has 1 aliphatic rings. The topological polar surface area (TPSA) is 105 Å². The summed E-state index contributed by atoms with van der Waals surface area (Å²) in [6.07, 6.45) is 0.134. The van der Waals surface area contributed by atoms with E-state index in [4.69, 9.17) is 21.7 Å². The molecule has 0 radical (unpaired) electrons. The van der Waals surface area contributed by atoms with E-state index in [0.717, 1.165) is 0 Å². The maximum Gasteiger partial charge on any atom is 0.165 e. The number of nitrogens with one attached hydrogen (secondary N) is 1. The number of ether oxygens (including phenoxy) is 2. The number of imidazole rings is 1. The number of H-pyrrole nitrogens is 1. The molecule has 0 saturated carbocycles. The fourth-order valence-electron chi connectivity index (χ4n) is 2.45. The molecule has 1 saturated heterocycles. The second kappa shape index (κ2) is 5.19. The van der Waals surface area contributed by atoms with Gasteiger partial charge in [0.15, 0.2) is 10.9 Å². The molecule has 1 aliphatic heterocycles. The maximum atomic E-state index is 10.3. The van der Waals surface area contributed by atoms with E-state index in [1.54, 1.807) is 4.57 Å². The number of fused-ring (bicyclic) bond motifs is 1. The minimum absolute atomic E-state index is 0.240. The SMILES string of the molecule is COC1C(CO)OC(n2cnc3c(=S)nc[nH]c32)C1O. The predicted molar refractivity (Wildman–Crippen MR) is 70.5 cm³/mol. The summed E-state index contributed by atoms with van der Waals surface area (Å²) in [4.78, 5) is 11.0. The van der Waals surface area contributed by atoms with Crippen molar-refractivity contribution in [3.05, 3.63) is 17.3 Å². The van der Waals surface area contributed by atoms with Crippen molar-refractivity contribution in [1.82, 2.24) is 19.5 Å². The quantitative estimate of drug-likeness (QED) is 0.671. The molecule has 3 N–H and O–H groups in total. The summed E-state index contributed by atoms with van der Waals surface area (Å²) in [5, 5.41) is 19.6. The molecule has 0 aromatic carbocycles. The van der Waals surface area contributed by atoms with E-state index in [1.807, 2.05) is 0 Å². The van der Waals surface area contributed by atoms with Gasteiger partial charge in [0.25, 0.3) is 0 Å². The maximum absolute atomic E-state index is 10.3. The van der Waals surface area contributed by atoms with Crippen LogP contribution in [0.15, 0.2) is 12.7 Å². The van der Waals surface area contributed by atoms with Crippen molar-refractivity contribution >= 4 is 23.4 Å². The van der Waals surface area contributed by atoms with Crippen LogP contribution >= 0.6 is 12.2 Å². The molecule has 0 amide bonds. The molecule has 20 heavy (non-hydrogen) atoms. The highest BCUT2D eigenvalue weighted by atomic mass is 32.1. The molecule has 8 nitrogen and oxygen atoms in total. The molecular formula is C11H14N4O4S. The van der Waals surface area contributed by atoms with Crippen molar-refractivity contribution in [3.63, 3.8) is 0 Å². The summed E-state index contributed by atoms with van der Waals surface area (Å²) in [6.45, 7) is -0.240. The van der Waals surface area contributed by atoms with Crippen molar-refractivity contribution in [2.75, 3.05) is 13.7 Å². The zero-order valence-electron chi connectivity index (χ0n) is 10.6. The third-order valence-electron chi connectivity index (χ3n) is 3.42. The molecule has 0 bridgehead atoms. The summed E-state index contributed by atoms with van der Waals surface area (Å²) in [7, 11) is 1.46. The van der Waals surface area contributed by atoms with E-state index >= 15 is 0 Å². The lowest BCUT2D eigenvalue weighted by Crippen LogP contribution is -2.35. The van der Waals surface area contributed by atoms with Gasteiger partial charge >= 0.3 is 0 Å². The number of nitrogens with zero attached hydrogens (tertiary/aromatic N) is 3. The van der Waals surface area contributed by atoms with Crippen LogP contribution < -0.4 is 0 Å². The van der Waals surface area contributed by atoms with Crippen molar-refractivity contribution in [1.29, 1.82) is 0 Å². The fourth-order valence-corrected chi connectivity index (χ4v) is 2.66. The van der Waals surface area contributed by atoms with Gasteiger partial charge in [-0.15, -0.1) is 0 Å². The Labute approximate surface area is 119 Å². The highest BCUT2D eigenvalue weighted by Gasteiger charge is 2.45. The number of methoxy groups -OCH3 is 1. The lowest BCUT2D eigenvalue weighted by molar-refractivity contribution is -0.0535. The van der Waals surface area contributed by atoms with Gasteiger partial charge in [-0.25, -0.2) is 9.97 Å². The molecule has 0 spiro atoms. The first-order valence-corrected chi connectivity index (χ1v) is 6.45. The van der Waals surface area contributed by atoms with Crippen LogP contribution in [0.4, 0.5) is 0 Å². The monoisotopic (exact) mass is 298 g/mol. The minimum atomic E-state index is -0.926. The van der Waals surface area contributed by atoms with Crippen molar-refractivity contribution in [3.8, 4) is 0 Å². The van der Waals surface area contributed by atoms with Crippen LogP contribution in [0.3, 0.4) is 0 Å². The van der Waals surface area contributed by atoms with Crippen LogP contribution in [-0.4, -0.2) is 61.8 Å². The van der Waals surface area contributed by atoms with E-state index in [2.05, 4.69) is 15.0 Å². The summed E-state index contributed by atoms with van der Waals surface area (Å²) in [5.74, 6) is 0. The van der Waals surface area contributed by atoms with E-state index in [0.29, 0.717) is 15.8 Å². The molecule has 3 rings (SSSR count). The minimum Gasteiger partial charge on any atom is -0.394 e. The second-order valence-electron chi connectivity index (χ2n) is 4.50. The van der Waals surface area contributed by atoms with Gasteiger partial charge in [0, 0.05) is 7.11 Å². The number of aliphatic hydroxyl groups is 2. The van der Waals surface area contributed by atoms with Crippen molar-refractivity contribution in [2.24, 2.45) is 0 Å². The fraction of sp³-hybridized carbons (Fsp3) is 0.545. The largest absolute Gasteiger partial charge is 0.394 e. The molecule has 2 aromatic rings. The number of rotatable bonds is 3. The molecule has 4 unspecified atom stereocenters. The third-order valence-corrected chi connectivity index (χ3v) is 3.71. The summed E-state index contributed by atoms with van der Waals surface area (Å²) in [6, 6.07) is 0. The van der Waals surface area contributed by atoms with Gasteiger partial charge in [-0.1, -0.05) is 12.2 Å². The standard InChI is InChI=1S/C11H14N4O4S/c1-18-8-5(2-16)19-11(7(8)17)15-4-14-6-9(15)12-3-13-10(6)20/h3-5,7-8,11,16-17H,2H2,1H3,(H,12,13,20). The molecule has 3 heterocycles. The van der Waals surface area contributed by atoms with Crippen LogP contribution in [0.1, 0.15) is 6.23 Å². The lowest BCUT2D eigenvalue weighted by Gasteiger charge is -2.18. The number of aromatic nitrogens is 4. The Morgan fingerprint density at radius 2 is 2.35 bits per heavy atom. The zero-order chi connectivity index (χ0) is 14.3. The summed E-state index contributed by atoms with van der Waals surface area (Å²) < 4.78 is 12.8. The second-order valence-corrected chi connectivity index (χ2v) is 4.88. The summed E-state index contributed by atoms with van der Waals surface area (Å²) >= 11 is 5.09. The molecular weight excluding hydrogens is 284 g/mol. The first-order valence-electron chi connectivity index (χ1n) is 6.04. The van der Waals surface area contributed by atoms with Crippen LogP contribution in [0, 0.1) is 4.64 Å². The van der Waals surface area contributed by atoms with Gasteiger partial charge in [0.05, 0.1) is 19.3 Å². The van der Waals surface area contributed by atoms with Gasteiger partial charge in [-0.3, -0.25) is 4.57 Å². The highest BCUT2D eigenvalue weighted by molar-refractivity contribution is 7.71. The Hall–Kier alpha value is -1.39. The first kappa shape index (κ1) is 13.6. The van der Waals surface area contributed by atoms with Gasteiger partial charge in [-0.05, 0) is 0 Å². The molecule has 0 aliphatic carbocycles. The molecule has 1 fully saturated rings. The van der Waals surface area contributed by atoms with Gasteiger partial charge in [0.2, 0.25) is 0 Å². The average molecular weight is 298 g/mol. The number of hydrogen-bond donors (Lipinski definition) is 3. The van der Waals surface area contributed by atoms with Crippen LogP contribution in [0.25, 0.3) is 11.2 Å². The molecule has 4 atom stereocenters. The van der Waals surface area contributed by atoms with Crippen LogP contribution in [-0.2, 0) is 9.47 Å². The first-order chi connectivity index (χ1) is 9.67. The third kappa shape index (κ3) is 1.95. The van der Waals surface area contributed by atoms with E-state index in [1.165, 1.54) is 19.8 Å². The van der Waals surface area contributed by atoms with Crippen molar-refractivity contribution in [2.45, 2.75) is 24.5 Å². The zero-order valence-corrected chi connectivity index (χ0v) is 11.4. The molecule has 9 heteroatoms. The summed E-state index contributed by atoms with van der Waals surface area (Å²) in [5.41, 5.74) is 1.13.